The van der Waals surface area contributed by atoms with Crippen molar-refractivity contribution in [1.29, 1.82) is 0 Å². The Bertz CT molecular complexity index is 670. The van der Waals surface area contributed by atoms with Crippen LogP contribution in [0.1, 0.15) is 15.4 Å². The highest BCUT2D eigenvalue weighted by Gasteiger charge is 2.14. The molecular weight excluding hydrogens is 276 g/mol. The number of aliphatic hydroxyl groups is 1. The van der Waals surface area contributed by atoms with Crippen molar-refractivity contribution in [3.05, 3.63) is 40.2 Å². The maximum atomic E-state index is 12.1. The molecule has 0 aliphatic heterocycles. The van der Waals surface area contributed by atoms with Gasteiger partial charge in [-0.1, -0.05) is 12.0 Å². The molecule has 0 unspecified atom stereocenters. The predicted molar refractivity (Wildman–Crippen MR) is 77.0 cm³/mol. The fraction of sp³-hybridized carbons (Fsp3) is 0.143. The normalized spacial score (nSPS) is 9.50. The number of amides is 1. The zero-order chi connectivity index (χ0) is 14.4. The summed E-state index contributed by atoms with van der Waals surface area (Å²) in [6, 6.07) is 6.83. The van der Waals surface area contributed by atoms with E-state index in [0.717, 1.165) is 0 Å². The van der Waals surface area contributed by atoms with Crippen LogP contribution in [0.15, 0.2) is 29.6 Å². The van der Waals surface area contributed by atoms with Gasteiger partial charge in [0.25, 0.3) is 5.91 Å². The molecular formula is C14H12N2O3S. The number of hydrogen-bond acceptors (Lipinski definition) is 5. The van der Waals surface area contributed by atoms with Gasteiger partial charge < -0.3 is 15.2 Å². The van der Waals surface area contributed by atoms with E-state index in [2.05, 4.69) is 22.1 Å². The molecule has 0 saturated heterocycles. The van der Waals surface area contributed by atoms with Crippen LogP contribution in [0.25, 0.3) is 0 Å². The summed E-state index contributed by atoms with van der Waals surface area (Å²) in [5.41, 5.74) is 0.481. The van der Waals surface area contributed by atoms with Crippen molar-refractivity contribution >= 4 is 23.1 Å². The van der Waals surface area contributed by atoms with Crippen molar-refractivity contribution < 1.29 is 14.6 Å². The van der Waals surface area contributed by atoms with E-state index in [4.69, 9.17) is 9.84 Å². The molecule has 0 aromatic carbocycles. The van der Waals surface area contributed by atoms with Gasteiger partial charge in [0.05, 0.1) is 7.11 Å². The second-order valence-electron chi connectivity index (χ2n) is 3.64. The zero-order valence-electron chi connectivity index (χ0n) is 10.7. The maximum Gasteiger partial charge on any atom is 0.270 e. The number of methoxy groups -OCH3 is 1. The van der Waals surface area contributed by atoms with E-state index in [0.29, 0.717) is 22.1 Å². The first-order chi connectivity index (χ1) is 9.74. The fourth-order valence-corrected chi connectivity index (χ4v) is 2.25. The van der Waals surface area contributed by atoms with Crippen molar-refractivity contribution in [2.45, 2.75) is 0 Å². The van der Waals surface area contributed by atoms with Crippen molar-refractivity contribution in [3.8, 4) is 17.6 Å². The Morgan fingerprint density at radius 3 is 3.10 bits per heavy atom. The number of thiophene rings is 1. The lowest BCUT2D eigenvalue weighted by Gasteiger charge is -2.04. The molecule has 0 aliphatic carbocycles. The van der Waals surface area contributed by atoms with E-state index in [-0.39, 0.29) is 12.5 Å². The second-order valence-corrected chi connectivity index (χ2v) is 4.56. The minimum Gasteiger partial charge on any atom is -0.495 e. The molecule has 0 atom stereocenters. The average molecular weight is 288 g/mol. The summed E-state index contributed by atoms with van der Waals surface area (Å²) in [7, 11) is 1.52. The highest BCUT2D eigenvalue weighted by atomic mass is 32.1. The summed E-state index contributed by atoms with van der Waals surface area (Å²) >= 11 is 1.29. The number of aliphatic hydroxyl groups excluding tert-OH is 1. The Hall–Kier alpha value is -2.36. The third-order valence-electron chi connectivity index (χ3n) is 2.34. The molecule has 5 nitrogen and oxygen atoms in total. The van der Waals surface area contributed by atoms with Gasteiger partial charge in [-0.3, -0.25) is 4.79 Å². The van der Waals surface area contributed by atoms with Crippen LogP contribution in [0.5, 0.6) is 5.75 Å². The van der Waals surface area contributed by atoms with Gasteiger partial charge in [0.15, 0.2) is 0 Å². The number of hydrogen-bond donors (Lipinski definition) is 2. The number of rotatable bonds is 3. The number of anilines is 1. The van der Waals surface area contributed by atoms with E-state index in [1.165, 1.54) is 18.4 Å². The van der Waals surface area contributed by atoms with Gasteiger partial charge in [-0.2, -0.15) is 0 Å². The van der Waals surface area contributed by atoms with Gasteiger partial charge in [-0.15, -0.1) is 11.3 Å². The number of aromatic nitrogens is 1. The summed E-state index contributed by atoms with van der Waals surface area (Å²) in [5, 5.41) is 13.1. The van der Waals surface area contributed by atoms with E-state index in [9.17, 15) is 4.79 Å². The molecule has 2 aromatic rings. The molecule has 0 aliphatic rings. The third kappa shape index (κ3) is 3.35. The van der Waals surface area contributed by atoms with Crippen LogP contribution < -0.4 is 10.1 Å². The molecule has 0 saturated carbocycles. The standard InChI is InChI=1S/C14H12N2O3S/c1-19-11-7-9-20-13(11)14(18)16-12-6-2-4-10(15-12)5-3-8-17/h2,4,6-7,9,17H,8H2,1H3,(H,15,16,18). The molecule has 0 fully saturated rings. The molecule has 2 heterocycles. The van der Waals surface area contributed by atoms with Crippen molar-refractivity contribution in [2.75, 3.05) is 19.0 Å². The molecule has 1 amide bonds. The summed E-state index contributed by atoms with van der Waals surface area (Å²) in [5.74, 6) is 5.83. The van der Waals surface area contributed by atoms with Crippen molar-refractivity contribution in [3.63, 3.8) is 0 Å². The van der Waals surface area contributed by atoms with E-state index in [1.54, 1.807) is 29.6 Å². The maximum absolute atomic E-state index is 12.1. The van der Waals surface area contributed by atoms with Crippen LogP contribution in [0.3, 0.4) is 0 Å². The van der Waals surface area contributed by atoms with E-state index >= 15 is 0 Å². The number of carbonyl (C=O) groups excluding carboxylic acids is 1. The summed E-state index contributed by atoms with van der Waals surface area (Å²) < 4.78 is 5.10. The molecule has 2 rings (SSSR count). The van der Waals surface area contributed by atoms with Crippen molar-refractivity contribution in [2.24, 2.45) is 0 Å². The molecule has 6 heteroatoms. The first-order valence-corrected chi connectivity index (χ1v) is 6.62. The van der Waals surface area contributed by atoms with Crippen LogP contribution in [0.2, 0.25) is 0 Å². The van der Waals surface area contributed by atoms with Gasteiger partial charge in [-0.05, 0) is 29.5 Å². The Kier molecular flexibility index (Phi) is 4.71. The first kappa shape index (κ1) is 14.1. The number of ether oxygens (including phenoxy) is 1. The van der Waals surface area contributed by atoms with Crippen LogP contribution in [0.4, 0.5) is 5.82 Å². The van der Waals surface area contributed by atoms with Crippen LogP contribution in [0, 0.1) is 11.8 Å². The lowest BCUT2D eigenvalue weighted by atomic mass is 10.3. The second kappa shape index (κ2) is 6.70. The van der Waals surface area contributed by atoms with Crippen LogP contribution >= 0.6 is 11.3 Å². The minimum absolute atomic E-state index is 0.231. The number of nitrogens with one attached hydrogen (secondary N) is 1. The molecule has 0 bridgehead atoms. The molecule has 20 heavy (non-hydrogen) atoms. The van der Waals surface area contributed by atoms with Gasteiger partial charge in [-0.25, -0.2) is 4.98 Å². The van der Waals surface area contributed by atoms with Gasteiger partial charge in [0.2, 0.25) is 0 Å². The first-order valence-electron chi connectivity index (χ1n) is 5.74. The van der Waals surface area contributed by atoms with Gasteiger partial charge >= 0.3 is 0 Å². The molecule has 0 radical (unpaired) electrons. The zero-order valence-corrected chi connectivity index (χ0v) is 11.5. The van der Waals surface area contributed by atoms with Crippen molar-refractivity contribution in [1.82, 2.24) is 4.98 Å². The van der Waals surface area contributed by atoms with Gasteiger partial charge in [0, 0.05) is 0 Å². The van der Waals surface area contributed by atoms with Crippen LogP contribution in [-0.2, 0) is 0 Å². The fourth-order valence-electron chi connectivity index (χ4n) is 1.50. The monoisotopic (exact) mass is 288 g/mol. The predicted octanol–water partition coefficient (Wildman–Crippen LogP) is 1.75. The topological polar surface area (TPSA) is 71.5 Å². The molecule has 0 spiro atoms. The van der Waals surface area contributed by atoms with Gasteiger partial charge in [0.1, 0.15) is 28.7 Å². The summed E-state index contributed by atoms with van der Waals surface area (Å²) in [6.45, 7) is -0.231. The number of nitrogens with zero attached hydrogens (tertiary/aromatic N) is 1. The number of pyridine rings is 1. The molecule has 102 valence electrons. The van der Waals surface area contributed by atoms with Crippen LogP contribution in [-0.4, -0.2) is 29.7 Å². The highest BCUT2D eigenvalue weighted by molar-refractivity contribution is 7.12. The smallest absolute Gasteiger partial charge is 0.270 e. The third-order valence-corrected chi connectivity index (χ3v) is 3.24. The minimum atomic E-state index is -0.281. The largest absolute Gasteiger partial charge is 0.495 e. The molecule has 2 N–H and O–H groups in total. The summed E-state index contributed by atoms with van der Waals surface area (Å²) in [4.78, 5) is 16.7. The quantitative estimate of drug-likeness (QED) is 0.844. The van der Waals surface area contributed by atoms with E-state index < -0.39 is 0 Å². The lowest BCUT2D eigenvalue weighted by Crippen LogP contribution is -2.12. The Morgan fingerprint density at radius 2 is 2.35 bits per heavy atom. The Labute approximate surface area is 120 Å². The van der Waals surface area contributed by atoms with E-state index in [1.807, 2.05) is 0 Å². The average Bonchev–Trinajstić information content (AvgIpc) is 2.94. The lowest BCUT2D eigenvalue weighted by molar-refractivity contribution is 0.102. The summed E-state index contributed by atoms with van der Waals surface area (Å²) in [6.07, 6.45) is 0. The Morgan fingerprint density at radius 1 is 1.50 bits per heavy atom. The SMILES string of the molecule is COc1ccsc1C(=O)Nc1cccc(C#CCO)n1. The highest BCUT2D eigenvalue weighted by Crippen LogP contribution is 2.25. The molecule has 2 aromatic heterocycles. The number of carbonyl (C=O) groups is 1. The Balaban J connectivity index is 2.16.